The molecule has 0 bridgehead atoms. The molecule has 1 atom stereocenters. The number of aryl methyl sites for hydroxylation is 3. The van der Waals surface area contributed by atoms with Gasteiger partial charge in [0.2, 0.25) is 0 Å². The van der Waals surface area contributed by atoms with E-state index in [1.165, 1.54) is 12.0 Å². The van der Waals surface area contributed by atoms with E-state index < -0.39 is 0 Å². The Labute approximate surface area is 130 Å². The SMILES string of the molecule is Cc1ccnc(C(C)NC(=O)c2ccc3c(n2)CCCC3)n1. The van der Waals surface area contributed by atoms with Gasteiger partial charge >= 0.3 is 0 Å². The third-order valence-corrected chi connectivity index (χ3v) is 3.96. The number of hydrogen-bond acceptors (Lipinski definition) is 4. The van der Waals surface area contributed by atoms with Gasteiger partial charge in [0.15, 0.2) is 0 Å². The molecule has 2 aromatic heterocycles. The third kappa shape index (κ3) is 3.13. The van der Waals surface area contributed by atoms with E-state index in [0.29, 0.717) is 11.5 Å². The van der Waals surface area contributed by atoms with Gasteiger partial charge in [0.05, 0.1) is 6.04 Å². The molecule has 5 heteroatoms. The topological polar surface area (TPSA) is 67.8 Å². The predicted molar refractivity (Wildman–Crippen MR) is 83.5 cm³/mol. The summed E-state index contributed by atoms with van der Waals surface area (Å²) in [5.74, 6) is 0.442. The number of carbonyl (C=O) groups excluding carboxylic acids is 1. The summed E-state index contributed by atoms with van der Waals surface area (Å²) in [5, 5.41) is 2.92. The number of carbonyl (C=O) groups is 1. The minimum atomic E-state index is -0.245. The molecular weight excluding hydrogens is 276 g/mol. The number of amides is 1. The second kappa shape index (κ2) is 6.22. The maximum atomic E-state index is 12.4. The molecule has 1 unspecified atom stereocenters. The van der Waals surface area contributed by atoms with Gasteiger partial charge in [-0.05, 0) is 57.2 Å². The number of rotatable bonds is 3. The molecule has 0 spiro atoms. The first-order chi connectivity index (χ1) is 10.6. The zero-order valence-corrected chi connectivity index (χ0v) is 13.0. The summed E-state index contributed by atoms with van der Waals surface area (Å²) in [7, 11) is 0. The van der Waals surface area contributed by atoms with Gasteiger partial charge in [0.1, 0.15) is 11.5 Å². The van der Waals surface area contributed by atoms with Crippen molar-refractivity contribution in [3.63, 3.8) is 0 Å². The molecule has 22 heavy (non-hydrogen) atoms. The summed E-state index contributed by atoms with van der Waals surface area (Å²) in [4.78, 5) is 25.4. The van der Waals surface area contributed by atoms with Crippen LogP contribution in [0.4, 0.5) is 0 Å². The number of hydrogen-bond donors (Lipinski definition) is 1. The average Bonchev–Trinajstić information content (AvgIpc) is 2.54. The number of fused-ring (bicyclic) bond motifs is 1. The Bertz CT molecular complexity index is 699. The van der Waals surface area contributed by atoms with Gasteiger partial charge in [-0.3, -0.25) is 4.79 Å². The number of nitrogens with one attached hydrogen (secondary N) is 1. The first kappa shape index (κ1) is 14.6. The third-order valence-electron chi connectivity index (χ3n) is 3.96. The lowest BCUT2D eigenvalue weighted by atomic mass is 9.96. The lowest BCUT2D eigenvalue weighted by Gasteiger charge is -2.16. The number of aromatic nitrogens is 3. The Morgan fingerprint density at radius 1 is 1.18 bits per heavy atom. The molecule has 0 aromatic carbocycles. The van der Waals surface area contributed by atoms with Gasteiger partial charge in [0, 0.05) is 17.6 Å². The molecule has 1 aliphatic carbocycles. The predicted octanol–water partition coefficient (Wildman–Crippen LogP) is 2.55. The molecule has 0 aliphatic heterocycles. The molecular formula is C17H20N4O. The minimum absolute atomic E-state index is 0.175. The highest BCUT2D eigenvalue weighted by Gasteiger charge is 2.17. The van der Waals surface area contributed by atoms with Crippen molar-refractivity contribution in [3.8, 4) is 0 Å². The fraction of sp³-hybridized carbons (Fsp3) is 0.412. The minimum Gasteiger partial charge on any atom is -0.341 e. The highest BCUT2D eigenvalue weighted by atomic mass is 16.1. The van der Waals surface area contributed by atoms with Crippen LogP contribution >= 0.6 is 0 Å². The molecule has 1 N–H and O–H groups in total. The molecule has 114 valence electrons. The molecule has 2 aromatic rings. The molecule has 0 radical (unpaired) electrons. The van der Waals surface area contributed by atoms with Crippen LogP contribution < -0.4 is 5.32 Å². The monoisotopic (exact) mass is 296 g/mol. The lowest BCUT2D eigenvalue weighted by molar-refractivity contribution is 0.0933. The Kier molecular flexibility index (Phi) is 4.13. The van der Waals surface area contributed by atoms with E-state index >= 15 is 0 Å². The number of pyridine rings is 1. The van der Waals surface area contributed by atoms with E-state index in [2.05, 4.69) is 20.3 Å². The Balaban J connectivity index is 1.74. The lowest BCUT2D eigenvalue weighted by Crippen LogP contribution is -2.29. The second-order valence-electron chi connectivity index (χ2n) is 5.76. The molecule has 3 rings (SSSR count). The van der Waals surface area contributed by atoms with Crippen LogP contribution in [0.25, 0.3) is 0 Å². The second-order valence-corrected chi connectivity index (χ2v) is 5.76. The van der Waals surface area contributed by atoms with Crippen LogP contribution in [0.1, 0.15) is 59.1 Å². The summed E-state index contributed by atoms with van der Waals surface area (Å²) in [5.41, 5.74) is 3.70. The van der Waals surface area contributed by atoms with E-state index in [1.54, 1.807) is 6.20 Å². The first-order valence-corrected chi connectivity index (χ1v) is 7.72. The smallest absolute Gasteiger partial charge is 0.270 e. The van der Waals surface area contributed by atoms with E-state index in [0.717, 1.165) is 30.7 Å². The van der Waals surface area contributed by atoms with E-state index in [1.807, 2.05) is 32.0 Å². The zero-order chi connectivity index (χ0) is 15.5. The fourth-order valence-electron chi connectivity index (χ4n) is 2.72. The molecule has 0 saturated carbocycles. The van der Waals surface area contributed by atoms with E-state index in [4.69, 9.17) is 0 Å². The van der Waals surface area contributed by atoms with Gasteiger partial charge in [-0.25, -0.2) is 15.0 Å². The average molecular weight is 296 g/mol. The van der Waals surface area contributed by atoms with Crippen LogP contribution in [0, 0.1) is 6.92 Å². The van der Waals surface area contributed by atoms with Crippen LogP contribution in [0.5, 0.6) is 0 Å². The molecule has 1 amide bonds. The molecule has 1 aliphatic rings. The normalized spacial score (nSPS) is 15.0. The van der Waals surface area contributed by atoms with E-state index in [-0.39, 0.29) is 11.9 Å². The number of nitrogens with zero attached hydrogens (tertiary/aromatic N) is 3. The van der Waals surface area contributed by atoms with Crippen LogP contribution in [-0.4, -0.2) is 20.9 Å². The van der Waals surface area contributed by atoms with Crippen molar-refractivity contribution in [1.29, 1.82) is 0 Å². The maximum absolute atomic E-state index is 12.4. The van der Waals surface area contributed by atoms with Crippen LogP contribution in [-0.2, 0) is 12.8 Å². The van der Waals surface area contributed by atoms with Crippen molar-refractivity contribution in [2.75, 3.05) is 0 Å². The summed E-state index contributed by atoms with van der Waals surface area (Å²) < 4.78 is 0. The fourth-order valence-corrected chi connectivity index (χ4v) is 2.72. The Morgan fingerprint density at radius 2 is 2.00 bits per heavy atom. The highest BCUT2D eigenvalue weighted by Crippen LogP contribution is 2.19. The van der Waals surface area contributed by atoms with Crippen molar-refractivity contribution in [1.82, 2.24) is 20.3 Å². The van der Waals surface area contributed by atoms with Gasteiger partial charge in [-0.1, -0.05) is 6.07 Å². The molecule has 0 saturated heterocycles. The first-order valence-electron chi connectivity index (χ1n) is 7.72. The Morgan fingerprint density at radius 3 is 2.82 bits per heavy atom. The maximum Gasteiger partial charge on any atom is 0.270 e. The van der Waals surface area contributed by atoms with Crippen molar-refractivity contribution >= 4 is 5.91 Å². The van der Waals surface area contributed by atoms with Crippen molar-refractivity contribution in [3.05, 3.63) is 52.9 Å². The largest absolute Gasteiger partial charge is 0.341 e. The summed E-state index contributed by atoms with van der Waals surface area (Å²) in [6.07, 6.45) is 6.10. The van der Waals surface area contributed by atoms with Crippen LogP contribution in [0.2, 0.25) is 0 Å². The van der Waals surface area contributed by atoms with Crippen molar-refractivity contribution < 1.29 is 4.79 Å². The zero-order valence-electron chi connectivity index (χ0n) is 13.0. The van der Waals surface area contributed by atoms with Gasteiger partial charge in [0.25, 0.3) is 5.91 Å². The van der Waals surface area contributed by atoms with Gasteiger partial charge < -0.3 is 5.32 Å². The van der Waals surface area contributed by atoms with Crippen molar-refractivity contribution in [2.45, 2.75) is 45.6 Å². The quantitative estimate of drug-likeness (QED) is 0.945. The van der Waals surface area contributed by atoms with Gasteiger partial charge in [-0.15, -0.1) is 0 Å². The molecule has 2 heterocycles. The Hall–Kier alpha value is -2.30. The van der Waals surface area contributed by atoms with Crippen molar-refractivity contribution in [2.24, 2.45) is 0 Å². The highest BCUT2D eigenvalue weighted by molar-refractivity contribution is 5.92. The van der Waals surface area contributed by atoms with Crippen LogP contribution in [0.3, 0.4) is 0 Å². The standard InChI is InChI=1S/C17H20N4O/c1-11-9-10-18-16(19-11)12(2)20-17(22)15-8-7-13-5-3-4-6-14(13)21-15/h7-10,12H,3-6H2,1-2H3,(H,20,22). The van der Waals surface area contributed by atoms with Gasteiger partial charge in [-0.2, -0.15) is 0 Å². The van der Waals surface area contributed by atoms with Crippen LogP contribution in [0.15, 0.2) is 24.4 Å². The molecule has 5 nitrogen and oxygen atoms in total. The molecule has 0 fully saturated rings. The summed E-state index contributed by atoms with van der Waals surface area (Å²) in [6, 6.07) is 5.43. The summed E-state index contributed by atoms with van der Waals surface area (Å²) in [6.45, 7) is 3.79. The van der Waals surface area contributed by atoms with E-state index in [9.17, 15) is 4.79 Å². The summed E-state index contributed by atoms with van der Waals surface area (Å²) >= 11 is 0.